The lowest BCUT2D eigenvalue weighted by Gasteiger charge is -2.12. The number of anilines is 2. The van der Waals surface area contributed by atoms with Crippen LogP contribution < -0.4 is 15.4 Å². The maximum absolute atomic E-state index is 12.5. The number of halogens is 3. The summed E-state index contributed by atoms with van der Waals surface area (Å²) >= 11 is 0. The van der Waals surface area contributed by atoms with Gasteiger partial charge in [-0.05, 0) is 24.3 Å². The van der Waals surface area contributed by atoms with E-state index < -0.39 is 6.36 Å². The van der Waals surface area contributed by atoms with E-state index in [9.17, 15) is 13.2 Å². The molecule has 0 radical (unpaired) electrons. The Balaban J connectivity index is 1.88. The number of rotatable bonds is 8. The molecular formula is C18H17F3N4O3. The number of nitrogens with one attached hydrogen (secondary N) is 2. The number of furan rings is 1. The van der Waals surface area contributed by atoms with Crippen molar-refractivity contribution in [3.8, 4) is 17.0 Å². The Kier molecular flexibility index (Phi) is 5.99. The van der Waals surface area contributed by atoms with E-state index in [1.807, 2.05) is 0 Å². The predicted octanol–water partition coefficient (Wildman–Crippen LogP) is 3.65. The van der Waals surface area contributed by atoms with E-state index in [4.69, 9.17) is 9.52 Å². The topological polar surface area (TPSA) is 92.4 Å². The first-order valence-electron chi connectivity index (χ1n) is 8.29. The summed E-state index contributed by atoms with van der Waals surface area (Å²) in [6.45, 7) is 0.454. The van der Waals surface area contributed by atoms with E-state index in [1.54, 1.807) is 30.5 Å². The minimum atomic E-state index is -4.78. The molecule has 3 aromatic rings. The van der Waals surface area contributed by atoms with E-state index in [1.165, 1.54) is 18.2 Å². The number of nitrogens with zero attached hydrogens (tertiary/aromatic N) is 2. The van der Waals surface area contributed by atoms with Crippen molar-refractivity contribution < 1.29 is 27.4 Å². The van der Waals surface area contributed by atoms with Crippen molar-refractivity contribution in [3.63, 3.8) is 0 Å². The normalized spacial score (nSPS) is 11.3. The average molecular weight is 394 g/mol. The van der Waals surface area contributed by atoms with Gasteiger partial charge in [-0.15, -0.1) is 13.2 Å². The van der Waals surface area contributed by atoms with Crippen molar-refractivity contribution >= 4 is 11.8 Å². The Morgan fingerprint density at radius 1 is 1.07 bits per heavy atom. The molecule has 3 N–H and O–H groups in total. The Labute approximate surface area is 158 Å². The molecule has 2 aromatic heterocycles. The van der Waals surface area contributed by atoms with Crippen LogP contribution in [0.5, 0.6) is 5.75 Å². The second-order valence-electron chi connectivity index (χ2n) is 5.62. The van der Waals surface area contributed by atoms with Crippen LogP contribution in [-0.2, 0) is 6.54 Å². The fourth-order valence-corrected chi connectivity index (χ4v) is 2.38. The van der Waals surface area contributed by atoms with Gasteiger partial charge in [-0.25, -0.2) is 4.98 Å². The number of benzene rings is 1. The lowest BCUT2D eigenvalue weighted by Crippen LogP contribution is -2.17. The van der Waals surface area contributed by atoms with Crippen LogP contribution in [0.25, 0.3) is 11.3 Å². The third kappa shape index (κ3) is 5.61. The minimum Gasteiger partial charge on any atom is -0.467 e. The van der Waals surface area contributed by atoms with E-state index in [-0.39, 0.29) is 24.8 Å². The summed E-state index contributed by atoms with van der Waals surface area (Å²) in [6.07, 6.45) is -3.24. The van der Waals surface area contributed by atoms with Gasteiger partial charge in [0, 0.05) is 18.2 Å². The molecule has 10 heteroatoms. The molecule has 0 aliphatic carbocycles. The molecule has 3 rings (SSSR count). The summed E-state index contributed by atoms with van der Waals surface area (Å²) in [6, 6.07) is 10.6. The van der Waals surface area contributed by atoms with Crippen molar-refractivity contribution in [2.75, 3.05) is 23.8 Å². The van der Waals surface area contributed by atoms with E-state index >= 15 is 0 Å². The standard InChI is InChI=1S/C18H17F3N4O3/c19-18(20,21)28-13-4-1-3-12(9-13)15-10-16(23-11-14-5-2-8-27-14)25-17(24-15)22-6-7-26/h1-5,8-10,26H,6-7,11H2,(H2,22,23,24,25). The lowest BCUT2D eigenvalue weighted by molar-refractivity contribution is -0.274. The number of hydrogen-bond acceptors (Lipinski definition) is 7. The zero-order valence-electron chi connectivity index (χ0n) is 14.5. The maximum atomic E-state index is 12.5. The van der Waals surface area contributed by atoms with Crippen LogP contribution in [0, 0.1) is 0 Å². The van der Waals surface area contributed by atoms with E-state index in [2.05, 4.69) is 25.3 Å². The highest BCUT2D eigenvalue weighted by molar-refractivity contribution is 5.65. The molecule has 0 amide bonds. The molecule has 148 valence electrons. The van der Waals surface area contributed by atoms with Crippen LogP contribution in [0.3, 0.4) is 0 Å². The molecule has 0 saturated carbocycles. The van der Waals surface area contributed by atoms with Gasteiger partial charge in [0.05, 0.1) is 25.1 Å². The van der Waals surface area contributed by atoms with Gasteiger partial charge in [-0.1, -0.05) is 12.1 Å². The highest BCUT2D eigenvalue weighted by atomic mass is 19.4. The summed E-state index contributed by atoms with van der Waals surface area (Å²) in [5, 5.41) is 14.9. The Hall–Kier alpha value is -3.27. The second-order valence-corrected chi connectivity index (χ2v) is 5.62. The third-order valence-corrected chi connectivity index (χ3v) is 3.51. The largest absolute Gasteiger partial charge is 0.573 e. The predicted molar refractivity (Wildman–Crippen MR) is 95.8 cm³/mol. The van der Waals surface area contributed by atoms with Gasteiger partial charge in [0.25, 0.3) is 0 Å². The average Bonchev–Trinajstić information content (AvgIpc) is 3.17. The number of hydrogen-bond donors (Lipinski definition) is 3. The van der Waals surface area contributed by atoms with Crippen LogP contribution in [0.1, 0.15) is 5.76 Å². The van der Waals surface area contributed by atoms with Crippen LogP contribution >= 0.6 is 0 Å². The maximum Gasteiger partial charge on any atom is 0.573 e. The molecular weight excluding hydrogens is 377 g/mol. The van der Waals surface area contributed by atoms with Crippen molar-refractivity contribution in [2.45, 2.75) is 12.9 Å². The Morgan fingerprint density at radius 3 is 2.64 bits per heavy atom. The smallest absolute Gasteiger partial charge is 0.467 e. The molecule has 28 heavy (non-hydrogen) atoms. The second kappa shape index (κ2) is 8.61. The molecule has 0 aliphatic heterocycles. The fraction of sp³-hybridized carbons (Fsp3) is 0.222. The van der Waals surface area contributed by atoms with Gasteiger partial charge >= 0.3 is 6.36 Å². The van der Waals surface area contributed by atoms with Gasteiger partial charge < -0.3 is 24.9 Å². The molecule has 1 aromatic carbocycles. The van der Waals surface area contributed by atoms with Crippen molar-refractivity contribution in [2.24, 2.45) is 0 Å². The monoisotopic (exact) mass is 394 g/mol. The van der Waals surface area contributed by atoms with Crippen LogP contribution in [0.15, 0.2) is 53.1 Å². The first kappa shape index (κ1) is 19.5. The van der Waals surface area contributed by atoms with Gasteiger partial charge in [0.2, 0.25) is 5.95 Å². The molecule has 0 aliphatic rings. The number of aromatic nitrogens is 2. The first-order valence-corrected chi connectivity index (χ1v) is 8.29. The summed E-state index contributed by atoms with van der Waals surface area (Å²) in [5.74, 6) is 0.990. The molecule has 0 fully saturated rings. The van der Waals surface area contributed by atoms with Crippen LogP contribution in [0.2, 0.25) is 0 Å². The van der Waals surface area contributed by atoms with Crippen LogP contribution in [0.4, 0.5) is 24.9 Å². The quantitative estimate of drug-likeness (QED) is 0.537. The van der Waals surface area contributed by atoms with Crippen molar-refractivity contribution in [1.82, 2.24) is 9.97 Å². The van der Waals surface area contributed by atoms with Gasteiger partial charge in [-0.2, -0.15) is 4.98 Å². The SMILES string of the molecule is OCCNc1nc(NCc2ccco2)cc(-c2cccc(OC(F)(F)F)c2)n1. The number of aliphatic hydroxyl groups excluding tert-OH is 1. The summed E-state index contributed by atoms with van der Waals surface area (Å²) in [5.41, 5.74) is 0.794. The summed E-state index contributed by atoms with van der Waals surface area (Å²) in [7, 11) is 0. The zero-order chi connectivity index (χ0) is 20.0. The summed E-state index contributed by atoms with van der Waals surface area (Å²) < 4.78 is 46.6. The lowest BCUT2D eigenvalue weighted by atomic mass is 10.1. The molecule has 2 heterocycles. The van der Waals surface area contributed by atoms with Crippen molar-refractivity contribution in [3.05, 3.63) is 54.5 Å². The molecule has 0 saturated heterocycles. The Bertz CT molecular complexity index is 901. The summed E-state index contributed by atoms with van der Waals surface area (Å²) in [4.78, 5) is 8.57. The molecule has 0 spiro atoms. The zero-order valence-corrected chi connectivity index (χ0v) is 14.5. The van der Waals surface area contributed by atoms with E-state index in [0.717, 1.165) is 0 Å². The third-order valence-electron chi connectivity index (χ3n) is 3.51. The van der Waals surface area contributed by atoms with Gasteiger partial charge in [-0.3, -0.25) is 0 Å². The van der Waals surface area contributed by atoms with Gasteiger partial charge in [0.1, 0.15) is 17.3 Å². The number of aliphatic hydroxyl groups is 1. The molecule has 7 nitrogen and oxygen atoms in total. The minimum absolute atomic E-state index is 0.127. The van der Waals surface area contributed by atoms with Crippen molar-refractivity contribution in [1.29, 1.82) is 0 Å². The van der Waals surface area contributed by atoms with E-state index in [0.29, 0.717) is 29.4 Å². The highest BCUT2D eigenvalue weighted by Gasteiger charge is 2.31. The fourth-order valence-electron chi connectivity index (χ4n) is 2.38. The van der Waals surface area contributed by atoms with Gasteiger partial charge in [0.15, 0.2) is 0 Å². The number of alkyl halides is 3. The first-order chi connectivity index (χ1) is 13.4. The van der Waals surface area contributed by atoms with Crippen LogP contribution in [-0.4, -0.2) is 34.6 Å². The highest BCUT2D eigenvalue weighted by Crippen LogP contribution is 2.28. The molecule has 0 unspecified atom stereocenters. The molecule has 0 atom stereocenters. The molecule has 0 bridgehead atoms. The Morgan fingerprint density at radius 2 is 1.93 bits per heavy atom. The number of ether oxygens (including phenoxy) is 1.